The number of hydrogen-bond donors (Lipinski definition) is 2. The number of nitrogens with two attached hydrogens (primary N) is 1. The molecule has 0 heterocycles. The molecule has 2 unspecified atom stereocenters. The number of nitrogens with one attached hydrogen (secondary N) is 1. The van der Waals surface area contributed by atoms with Crippen LogP contribution in [0.25, 0.3) is 0 Å². The highest BCUT2D eigenvalue weighted by Gasteiger charge is 2.19. The molecule has 0 aromatic heterocycles. The van der Waals surface area contributed by atoms with E-state index in [0.29, 0.717) is 11.4 Å². The fourth-order valence-corrected chi connectivity index (χ4v) is 1.52. The molecule has 0 fully saturated rings. The van der Waals surface area contributed by atoms with E-state index in [1.54, 1.807) is 24.3 Å². The van der Waals surface area contributed by atoms with Crippen molar-refractivity contribution >= 4 is 11.6 Å². The molecular weight excluding hydrogens is 242 g/mol. The Morgan fingerprint density at radius 2 is 2.32 bits per heavy atom. The van der Waals surface area contributed by atoms with Crippen molar-refractivity contribution in [2.45, 2.75) is 26.3 Å². The number of anilines is 1. The van der Waals surface area contributed by atoms with Crippen molar-refractivity contribution in [3.63, 3.8) is 0 Å². The number of nitrogens with zero attached hydrogens (tertiary/aromatic N) is 1. The molecule has 0 spiro atoms. The molecule has 102 valence electrons. The SMILES string of the molecule is CCC(C)C(N)C(=O)Nc1cccc(OCC#N)c1. The van der Waals surface area contributed by atoms with Gasteiger partial charge in [0.05, 0.1) is 6.04 Å². The topological polar surface area (TPSA) is 88.1 Å². The molecule has 3 N–H and O–H groups in total. The maximum atomic E-state index is 11.9. The van der Waals surface area contributed by atoms with Crippen molar-refractivity contribution in [1.82, 2.24) is 0 Å². The highest BCUT2D eigenvalue weighted by molar-refractivity contribution is 5.95. The van der Waals surface area contributed by atoms with Crippen molar-refractivity contribution in [1.29, 1.82) is 5.26 Å². The first kappa shape index (κ1) is 15.0. The van der Waals surface area contributed by atoms with Crippen LogP contribution in [0.5, 0.6) is 5.75 Å². The largest absolute Gasteiger partial charge is 0.479 e. The number of rotatable bonds is 6. The standard InChI is InChI=1S/C14H19N3O2/c1-3-10(2)13(16)14(18)17-11-5-4-6-12(9-11)19-8-7-15/h4-6,9-10,13H,3,8,16H2,1-2H3,(H,17,18). The monoisotopic (exact) mass is 261 g/mol. The Labute approximate surface area is 113 Å². The van der Waals surface area contributed by atoms with Crippen LogP contribution in [0.4, 0.5) is 5.69 Å². The summed E-state index contributed by atoms with van der Waals surface area (Å²) in [7, 11) is 0. The van der Waals surface area contributed by atoms with Crippen molar-refractivity contribution in [3.05, 3.63) is 24.3 Å². The van der Waals surface area contributed by atoms with Gasteiger partial charge < -0.3 is 15.8 Å². The molecule has 5 nitrogen and oxygen atoms in total. The van der Waals surface area contributed by atoms with Crippen molar-refractivity contribution in [2.75, 3.05) is 11.9 Å². The maximum absolute atomic E-state index is 11.9. The molecule has 0 aliphatic rings. The number of carbonyl (C=O) groups is 1. The first-order chi connectivity index (χ1) is 9.08. The molecule has 19 heavy (non-hydrogen) atoms. The van der Waals surface area contributed by atoms with Crippen molar-refractivity contribution in [3.8, 4) is 11.8 Å². The summed E-state index contributed by atoms with van der Waals surface area (Å²) in [6.07, 6.45) is 0.847. The van der Waals surface area contributed by atoms with Crippen LogP contribution in [0.3, 0.4) is 0 Å². The van der Waals surface area contributed by atoms with Gasteiger partial charge in [0.2, 0.25) is 5.91 Å². The minimum Gasteiger partial charge on any atom is -0.479 e. The van der Waals surface area contributed by atoms with Gasteiger partial charge in [0.25, 0.3) is 0 Å². The molecule has 5 heteroatoms. The first-order valence-corrected chi connectivity index (χ1v) is 6.24. The van der Waals surface area contributed by atoms with Gasteiger partial charge in [-0.05, 0) is 18.1 Å². The van der Waals surface area contributed by atoms with E-state index in [9.17, 15) is 4.79 Å². The highest BCUT2D eigenvalue weighted by Crippen LogP contribution is 2.18. The molecule has 0 saturated carbocycles. The predicted molar refractivity (Wildman–Crippen MR) is 73.6 cm³/mol. The summed E-state index contributed by atoms with van der Waals surface area (Å²) in [5.74, 6) is 0.446. The number of benzene rings is 1. The summed E-state index contributed by atoms with van der Waals surface area (Å²) in [4.78, 5) is 11.9. The number of hydrogen-bond acceptors (Lipinski definition) is 4. The Kier molecular flexibility index (Phi) is 5.83. The van der Waals surface area contributed by atoms with E-state index in [1.807, 2.05) is 19.9 Å². The Hall–Kier alpha value is -2.06. The van der Waals surface area contributed by atoms with Crippen LogP contribution >= 0.6 is 0 Å². The van der Waals surface area contributed by atoms with Gasteiger partial charge in [-0.3, -0.25) is 4.79 Å². The Morgan fingerprint density at radius 3 is 2.95 bits per heavy atom. The number of carbonyl (C=O) groups excluding carboxylic acids is 1. The van der Waals surface area contributed by atoms with E-state index in [-0.39, 0.29) is 18.4 Å². The van der Waals surface area contributed by atoms with Crippen LogP contribution in [-0.2, 0) is 4.79 Å². The zero-order valence-corrected chi connectivity index (χ0v) is 11.2. The second-order valence-corrected chi connectivity index (χ2v) is 4.38. The van der Waals surface area contributed by atoms with Crippen LogP contribution in [0.15, 0.2) is 24.3 Å². The third-order valence-electron chi connectivity index (χ3n) is 2.96. The lowest BCUT2D eigenvalue weighted by atomic mass is 9.99. The number of ether oxygens (including phenoxy) is 1. The van der Waals surface area contributed by atoms with Gasteiger partial charge in [0.15, 0.2) is 6.61 Å². The Balaban J connectivity index is 2.66. The van der Waals surface area contributed by atoms with E-state index < -0.39 is 6.04 Å². The van der Waals surface area contributed by atoms with E-state index in [4.69, 9.17) is 15.7 Å². The predicted octanol–water partition coefficient (Wildman–Crippen LogP) is 1.90. The molecule has 0 radical (unpaired) electrons. The highest BCUT2D eigenvalue weighted by atomic mass is 16.5. The lowest BCUT2D eigenvalue weighted by molar-refractivity contribution is -0.118. The summed E-state index contributed by atoms with van der Waals surface area (Å²) >= 11 is 0. The molecule has 0 saturated heterocycles. The summed E-state index contributed by atoms with van der Waals surface area (Å²) in [5.41, 5.74) is 6.46. The fourth-order valence-electron chi connectivity index (χ4n) is 1.52. The molecule has 1 amide bonds. The fraction of sp³-hybridized carbons (Fsp3) is 0.429. The van der Waals surface area contributed by atoms with Crippen LogP contribution in [-0.4, -0.2) is 18.6 Å². The van der Waals surface area contributed by atoms with Crippen LogP contribution < -0.4 is 15.8 Å². The summed E-state index contributed by atoms with van der Waals surface area (Å²) in [6, 6.07) is 8.24. The Morgan fingerprint density at radius 1 is 1.58 bits per heavy atom. The maximum Gasteiger partial charge on any atom is 0.241 e. The average molecular weight is 261 g/mol. The van der Waals surface area contributed by atoms with Crippen LogP contribution in [0.2, 0.25) is 0 Å². The van der Waals surface area contributed by atoms with Crippen molar-refractivity contribution in [2.24, 2.45) is 11.7 Å². The van der Waals surface area contributed by atoms with Gasteiger partial charge in [-0.25, -0.2) is 0 Å². The van der Waals surface area contributed by atoms with Gasteiger partial charge in [-0.15, -0.1) is 0 Å². The van der Waals surface area contributed by atoms with E-state index in [0.717, 1.165) is 6.42 Å². The average Bonchev–Trinajstić information content (AvgIpc) is 2.43. The molecule has 0 aliphatic heterocycles. The van der Waals surface area contributed by atoms with Crippen molar-refractivity contribution < 1.29 is 9.53 Å². The van der Waals surface area contributed by atoms with Crippen LogP contribution in [0, 0.1) is 17.2 Å². The molecule has 0 aliphatic carbocycles. The minimum absolute atomic E-state index is 0.0240. The van der Waals surface area contributed by atoms with Gasteiger partial charge in [0, 0.05) is 11.8 Å². The third-order valence-corrected chi connectivity index (χ3v) is 2.96. The molecule has 1 aromatic carbocycles. The van der Waals surface area contributed by atoms with Gasteiger partial charge in [-0.1, -0.05) is 26.3 Å². The van der Waals surface area contributed by atoms with E-state index in [1.165, 1.54) is 0 Å². The first-order valence-electron chi connectivity index (χ1n) is 6.24. The number of amides is 1. The normalized spacial score (nSPS) is 13.2. The molecule has 1 rings (SSSR count). The second kappa shape index (κ2) is 7.39. The van der Waals surface area contributed by atoms with Gasteiger partial charge in [0.1, 0.15) is 11.8 Å². The van der Waals surface area contributed by atoms with E-state index in [2.05, 4.69) is 5.32 Å². The lowest BCUT2D eigenvalue weighted by Crippen LogP contribution is -2.40. The zero-order chi connectivity index (χ0) is 14.3. The Bertz CT molecular complexity index is 468. The number of nitriles is 1. The summed E-state index contributed by atoms with van der Waals surface area (Å²) in [5, 5.41) is 11.2. The smallest absolute Gasteiger partial charge is 0.241 e. The van der Waals surface area contributed by atoms with Crippen LogP contribution in [0.1, 0.15) is 20.3 Å². The van der Waals surface area contributed by atoms with E-state index >= 15 is 0 Å². The molecule has 1 aromatic rings. The quantitative estimate of drug-likeness (QED) is 0.818. The minimum atomic E-state index is -0.534. The lowest BCUT2D eigenvalue weighted by Gasteiger charge is -2.17. The molecule has 0 bridgehead atoms. The molecule has 2 atom stereocenters. The van der Waals surface area contributed by atoms with Gasteiger partial charge in [-0.2, -0.15) is 5.26 Å². The summed E-state index contributed by atoms with van der Waals surface area (Å²) in [6.45, 7) is 3.91. The zero-order valence-electron chi connectivity index (χ0n) is 11.2. The second-order valence-electron chi connectivity index (χ2n) is 4.38. The third kappa shape index (κ3) is 4.60. The summed E-state index contributed by atoms with van der Waals surface area (Å²) < 4.78 is 5.16. The van der Waals surface area contributed by atoms with Gasteiger partial charge >= 0.3 is 0 Å². The molecular formula is C14H19N3O2.